The third kappa shape index (κ3) is 2.87. The van der Waals surface area contributed by atoms with Crippen molar-refractivity contribution in [2.75, 3.05) is 12.4 Å². The largest absolute Gasteiger partial charge is 0.378 e. The molecule has 2 aliphatic heterocycles. The molecule has 1 fully saturated rings. The molecule has 132 valence electrons. The third-order valence-corrected chi connectivity index (χ3v) is 5.70. The summed E-state index contributed by atoms with van der Waals surface area (Å²) in [7, 11) is 0. The van der Waals surface area contributed by atoms with E-state index >= 15 is 0 Å². The van der Waals surface area contributed by atoms with Gasteiger partial charge in [-0.1, -0.05) is 23.7 Å². The number of pyridine rings is 1. The molecule has 4 nitrogen and oxygen atoms in total. The standard InChI is InChI=1S/C20H18FN3OS/c1-2-3-13-8-15(11-23-10-13)14-4-5-18(21)17(9-14)20-16(6-7-25-20)12-26-19(22)24-20/h4-5,8-11,16H,6-7,12H2,1H3,(H2,22,24)/t16-,20+/m0/s1. The predicted octanol–water partition coefficient (Wildman–Crippen LogP) is 3.51. The van der Waals surface area contributed by atoms with E-state index < -0.39 is 5.72 Å². The van der Waals surface area contributed by atoms with Gasteiger partial charge >= 0.3 is 0 Å². The minimum atomic E-state index is -1.02. The van der Waals surface area contributed by atoms with Crippen molar-refractivity contribution in [3.8, 4) is 23.0 Å². The van der Waals surface area contributed by atoms with E-state index in [9.17, 15) is 4.39 Å². The van der Waals surface area contributed by atoms with Crippen molar-refractivity contribution in [2.24, 2.45) is 16.6 Å². The number of amidine groups is 1. The van der Waals surface area contributed by atoms with Crippen LogP contribution in [-0.2, 0) is 10.5 Å². The second-order valence-electron chi connectivity index (χ2n) is 6.32. The number of ether oxygens (including phenoxy) is 1. The number of nitrogens with zero attached hydrogens (tertiary/aromatic N) is 2. The molecule has 0 aliphatic carbocycles. The van der Waals surface area contributed by atoms with E-state index in [1.165, 1.54) is 17.8 Å². The fraction of sp³-hybridized carbons (Fsp3) is 0.300. The van der Waals surface area contributed by atoms with E-state index in [4.69, 9.17) is 10.5 Å². The third-order valence-electron chi connectivity index (χ3n) is 4.74. The van der Waals surface area contributed by atoms with Crippen LogP contribution < -0.4 is 5.73 Å². The maximum Gasteiger partial charge on any atom is 0.194 e. The maximum absolute atomic E-state index is 14.8. The highest BCUT2D eigenvalue weighted by Gasteiger charge is 2.49. The number of aromatic nitrogens is 1. The lowest BCUT2D eigenvalue weighted by atomic mass is 9.88. The summed E-state index contributed by atoms with van der Waals surface area (Å²) in [4.78, 5) is 8.79. The number of rotatable bonds is 2. The van der Waals surface area contributed by atoms with E-state index in [0.717, 1.165) is 28.9 Å². The molecule has 3 heterocycles. The van der Waals surface area contributed by atoms with Gasteiger partial charge in [0.1, 0.15) is 5.82 Å². The Bertz CT molecular complexity index is 950. The number of hydrogen-bond donors (Lipinski definition) is 1. The summed E-state index contributed by atoms with van der Waals surface area (Å²) in [6, 6.07) is 6.95. The number of fused-ring (bicyclic) bond motifs is 1. The Kier molecular flexibility index (Phi) is 4.43. The van der Waals surface area contributed by atoms with Gasteiger partial charge in [0.15, 0.2) is 10.9 Å². The second-order valence-corrected chi connectivity index (χ2v) is 7.36. The predicted molar refractivity (Wildman–Crippen MR) is 102 cm³/mol. The molecule has 6 heteroatoms. The Labute approximate surface area is 156 Å². The zero-order chi connectivity index (χ0) is 18.1. The molecule has 0 bridgehead atoms. The van der Waals surface area contributed by atoms with Gasteiger partial charge in [0.2, 0.25) is 0 Å². The first-order chi connectivity index (χ1) is 12.6. The molecule has 26 heavy (non-hydrogen) atoms. The van der Waals surface area contributed by atoms with Crippen molar-refractivity contribution in [1.29, 1.82) is 0 Å². The lowest BCUT2D eigenvalue weighted by Gasteiger charge is -2.34. The SMILES string of the molecule is CC#Cc1cncc(-c2ccc(F)c([C@@]34N=C(N)SC[C@@H]3CCO4)c2)c1. The molecule has 0 amide bonds. The Morgan fingerprint density at radius 1 is 1.31 bits per heavy atom. The van der Waals surface area contributed by atoms with Gasteiger partial charge < -0.3 is 10.5 Å². The summed E-state index contributed by atoms with van der Waals surface area (Å²) in [6.45, 7) is 2.33. The van der Waals surface area contributed by atoms with Gasteiger partial charge in [0, 0.05) is 40.8 Å². The average molecular weight is 367 g/mol. The summed E-state index contributed by atoms with van der Waals surface area (Å²) in [5.41, 5.74) is 7.91. The van der Waals surface area contributed by atoms with E-state index in [-0.39, 0.29) is 11.7 Å². The molecule has 2 atom stereocenters. The van der Waals surface area contributed by atoms with Crippen LogP contribution in [0.15, 0.2) is 41.7 Å². The van der Waals surface area contributed by atoms with Crippen LogP contribution in [0, 0.1) is 23.6 Å². The first kappa shape index (κ1) is 17.1. The number of aliphatic imine (C=N–C) groups is 1. The molecule has 0 saturated carbocycles. The molecule has 2 aliphatic rings. The molecule has 1 saturated heterocycles. The topological polar surface area (TPSA) is 60.5 Å². The fourth-order valence-corrected chi connectivity index (χ4v) is 4.48. The van der Waals surface area contributed by atoms with Crippen LogP contribution in [0.5, 0.6) is 0 Å². The van der Waals surface area contributed by atoms with E-state index in [1.807, 2.05) is 6.07 Å². The summed E-state index contributed by atoms with van der Waals surface area (Å²) in [6.07, 6.45) is 4.30. The van der Waals surface area contributed by atoms with Crippen molar-refractivity contribution < 1.29 is 9.13 Å². The highest BCUT2D eigenvalue weighted by Crippen LogP contribution is 2.48. The molecule has 1 aromatic carbocycles. The Balaban J connectivity index is 1.83. The van der Waals surface area contributed by atoms with Gasteiger partial charge in [-0.2, -0.15) is 0 Å². The molecule has 2 N–H and O–H groups in total. The van der Waals surface area contributed by atoms with Gasteiger partial charge in [0.05, 0.1) is 6.61 Å². The maximum atomic E-state index is 14.8. The monoisotopic (exact) mass is 367 g/mol. The second kappa shape index (κ2) is 6.75. The summed E-state index contributed by atoms with van der Waals surface area (Å²) in [5, 5.41) is 0.440. The summed E-state index contributed by atoms with van der Waals surface area (Å²) < 4.78 is 20.8. The number of hydrogen-bond acceptors (Lipinski definition) is 5. The van der Waals surface area contributed by atoms with Crippen molar-refractivity contribution in [1.82, 2.24) is 4.98 Å². The molecule has 0 radical (unpaired) electrons. The van der Waals surface area contributed by atoms with Crippen LogP contribution in [0.2, 0.25) is 0 Å². The Morgan fingerprint density at radius 3 is 3.04 bits per heavy atom. The van der Waals surface area contributed by atoms with Crippen molar-refractivity contribution >= 4 is 16.9 Å². The smallest absolute Gasteiger partial charge is 0.194 e. The summed E-state index contributed by atoms with van der Waals surface area (Å²) in [5.74, 6) is 6.42. The summed E-state index contributed by atoms with van der Waals surface area (Å²) >= 11 is 1.50. The molecule has 4 rings (SSSR count). The van der Waals surface area contributed by atoms with Gasteiger partial charge in [-0.3, -0.25) is 4.98 Å². The van der Waals surface area contributed by atoms with Gasteiger partial charge in [0.25, 0.3) is 0 Å². The van der Waals surface area contributed by atoms with E-state index in [1.54, 1.807) is 31.5 Å². The lowest BCUT2D eigenvalue weighted by molar-refractivity contribution is -0.0170. The van der Waals surface area contributed by atoms with Crippen LogP contribution in [-0.4, -0.2) is 22.5 Å². The minimum Gasteiger partial charge on any atom is -0.378 e. The van der Waals surface area contributed by atoms with Crippen LogP contribution in [0.1, 0.15) is 24.5 Å². The zero-order valence-corrected chi connectivity index (χ0v) is 15.1. The van der Waals surface area contributed by atoms with Gasteiger partial charge in [-0.15, -0.1) is 5.92 Å². The van der Waals surface area contributed by atoms with Crippen LogP contribution in [0.4, 0.5) is 4.39 Å². The van der Waals surface area contributed by atoms with Crippen LogP contribution in [0.3, 0.4) is 0 Å². The first-order valence-corrected chi connectivity index (χ1v) is 9.41. The normalized spacial score (nSPS) is 24.4. The fourth-order valence-electron chi connectivity index (χ4n) is 3.52. The number of benzene rings is 1. The lowest BCUT2D eigenvalue weighted by Crippen LogP contribution is -2.38. The number of halogens is 1. The highest BCUT2D eigenvalue weighted by molar-refractivity contribution is 8.13. The quantitative estimate of drug-likeness (QED) is 0.825. The average Bonchev–Trinajstić information content (AvgIpc) is 3.06. The van der Waals surface area contributed by atoms with Crippen molar-refractivity contribution in [2.45, 2.75) is 19.1 Å². The Hall–Kier alpha value is -2.36. The molecule has 0 spiro atoms. The highest BCUT2D eigenvalue weighted by atomic mass is 32.2. The molecule has 2 aromatic rings. The van der Waals surface area contributed by atoms with Crippen molar-refractivity contribution in [3.05, 3.63) is 53.6 Å². The molecule has 1 aromatic heterocycles. The van der Waals surface area contributed by atoms with E-state index in [2.05, 4.69) is 21.8 Å². The molecule has 0 unspecified atom stereocenters. The Morgan fingerprint density at radius 2 is 2.19 bits per heavy atom. The van der Waals surface area contributed by atoms with Gasteiger partial charge in [-0.25, -0.2) is 9.38 Å². The number of nitrogens with two attached hydrogens (primary N) is 1. The molecular weight excluding hydrogens is 349 g/mol. The van der Waals surface area contributed by atoms with Crippen molar-refractivity contribution in [3.63, 3.8) is 0 Å². The van der Waals surface area contributed by atoms with E-state index in [0.29, 0.717) is 17.3 Å². The van der Waals surface area contributed by atoms with Crippen LogP contribution in [0.25, 0.3) is 11.1 Å². The first-order valence-electron chi connectivity index (χ1n) is 8.42. The number of thioether (sulfide) groups is 1. The molecular formula is C20H18FN3OS. The van der Waals surface area contributed by atoms with Crippen LogP contribution >= 0.6 is 11.8 Å². The van der Waals surface area contributed by atoms with Gasteiger partial charge in [-0.05, 0) is 37.1 Å². The minimum absolute atomic E-state index is 0.111. The zero-order valence-electron chi connectivity index (χ0n) is 14.3.